The Balaban J connectivity index is 1.94. The van der Waals surface area contributed by atoms with Crippen LogP contribution in [0.3, 0.4) is 0 Å². The molecule has 106 valence electrons. The third-order valence-corrected chi connectivity index (χ3v) is 5.40. The number of halogens is 1. The maximum Gasteiger partial charge on any atom is 0.134 e. The van der Waals surface area contributed by atoms with Gasteiger partial charge in [0, 0.05) is 9.35 Å². The fourth-order valence-corrected chi connectivity index (χ4v) is 4.02. The lowest BCUT2D eigenvalue weighted by molar-refractivity contribution is 0.502. The first-order valence-electron chi connectivity index (χ1n) is 7.02. The fourth-order valence-electron chi connectivity index (χ4n) is 2.52. The molecule has 1 aliphatic rings. The Morgan fingerprint density at radius 2 is 2.19 bits per heavy atom. The van der Waals surface area contributed by atoms with Gasteiger partial charge in [0.15, 0.2) is 0 Å². The molecule has 0 spiro atoms. The van der Waals surface area contributed by atoms with Crippen LogP contribution in [0.25, 0.3) is 11.6 Å². The normalized spacial score (nSPS) is 18.1. The summed E-state index contributed by atoms with van der Waals surface area (Å²) in [6.45, 7) is 2.28. The first kappa shape index (κ1) is 14.5. The van der Waals surface area contributed by atoms with E-state index in [1.54, 1.807) is 11.3 Å². The highest BCUT2D eigenvalue weighted by molar-refractivity contribution is 9.10. The lowest BCUT2D eigenvalue weighted by Gasteiger charge is -2.15. The highest BCUT2D eigenvalue weighted by Crippen LogP contribution is 2.33. The van der Waals surface area contributed by atoms with E-state index in [1.807, 2.05) is 30.3 Å². The molecule has 1 aliphatic carbocycles. The smallest absolute Gasteiger partial charge is 0.134 e. The number of nitrogens with zero attached hydrogens (tertiary/aromatic N) is 2. The number of rotatable bonds is 2. The van der Waals surface area contributed by atoms with E-state index >= 15 is 0 Å². The maximum atomic E-state index is 9.45. The minimum absolute atomic E-state index is 0.657. The first-order chi connectivity index (χ1) is 10.2. The van der Waals surface area contributed by atoms with Gasteiger partial charge in [0.05, 0.1) is 11.3 Å². The second-order valence-corrected chi connectivity index (χ2v) is 7.46. The molecule has 0 amide bonds. The molecule has 1 aromatic heterocycles. The largest absolute Gasteiger partial charge is 0.240 e. The number of thiazole rings is 1. The van der Waals surface area contributed by atoms with Crippen molar-refractivity contribution in [1.82, 2.24) is 4.98 Å². The number of aryl methyl sites for hydroxylation is 1. The minimum Gasteiger partial charge on any atom is -0.240 e. The average Bonchev–Trinajstić information content (AvgIpc) is 2.89. The topological polar surface area (TPSA) is 36.7 Å². The molecule has 0 N–H and O–H groups in total. The molecule has 0 saturated heterocycles. The Morgan fingerprint density at radius 1 is 1.43 bits per heavy atom. The summed E-state index contributed by atoms with van der Waals surface area (Å²) in [5.74, 6) is 0.729. The molecule has 0 radical (unpaired) electrons. The van der Waals surface area contributed by atoms with Gasteiger partial charge in [-0.05, 0) is 49.0 Å². The quantitative estimate of drug-likeness (QED) is 0.700. The highest BCUT2D eigenvalue weighted by Gasteiger charge is 2.20. The van der Waals surface area contributed by atoms with Crippen molar-refractivity contribution in [3.63, 3.8) is 0 Å². The molecular weight excluding hydrogens is 344 g/mol. The Morgan fingerprint density at radius 3 is 2.90 bits per heavy atom. The van der Waals surface area contributed by atoms with E-state index in [-0.39, 0.29) is 0 Å². The van der Waals surface area contributed by atoms with E-state index in [0.717, 1.165) is 33.8 Å². The van der Waals surface area contributed by atoms with Gasteiger partial charge in [-0.15, -0.1) is 11.3 Å². The van der Waals surface area contributed by atoms with Crippen LogP contribution in [-0.4, -0.2) is 4.98 Å². The van der Waals surface area contributed by atoms with Crippen molar-refractivity contribution in [2.75, 3.05) is 0 Å². The van der Waals surface area contributed by atoms with Crippen molar-refractivity contribution < 1.29 is 0 Å². The SMILES string of the molecule is C[C@H]1CCc2nc(/C(C#N)=C/c3ccc(Br)cc3)sc2C1. The molecule has 0 saturated carbocycles. The second-order valence-electron chi connectivity index (χ2n) is 5.46. The van der Waals surface area contributed by atoms with Gasteiger partial charge < -0.3 is 0 Å². The first-order valence-corrected chi connectivity index (χ1v) is 8.63. The molecule has 0 fully saturated rings. The monoisotopic (exact) mass is 358 g/mol. The summed E-state index contributed by atoms with van der Waals surface area (Å²) in [7, 11) is 0. The molecule has 4 heteroatoms. The predicted molar refractivity (Wildman–Crippen MR) is 90.9 cm³/mol. The molecule has 1 aromatic carbocycles. The Bertz CT molecular complexity index is 722. The van der Waals surface area contributed by atoms with Gasteiger partial charge in [-0.2, -0.15) is 5.26 Å². The molecule has 0 bridgehead atoms. The van der Waals surface area contributed by atoms with Gasteiger partial charge in [0.2, 0.25) is 0 Å². The van der Waals surface area contributed by atoms with Crippen LogP contribution < -0.4 is 0 Å². The number of allylic oxidation sites excluding steroid dienone is 1. The minimum atomic E-state index is 0.657. The van der Waals surface area contributed by atoms with Gasteiger partial charge in [-0.25, -0.2) is 4.98 Å². The van der Waals surface area contributed by atoms with E-state index in [1.165, 1.54) is 17.0 Å². The van der Waals surface area contributed by atoms with Crippen LogP contribution in [0, 0.1) is 17.2 Å². The van der Waals surface area contributed by atoms with Crippen LogP contribution in [0.5, 0.6) is 0 Å². The summed E-state index contributed by atoms with van der Waals surface area (Å²) < 4.78 is 1.04. The Labute approximate surface area is 137 Å². The zero-order valence-corrected chi connectivity index (χ0v) is 14.2. The van der Waals surface area contributed by atoms with Crippen molar-refractivity contribution in [3.05, 3.63) is 49.9 Å². The van der Waals surface area contributed by atoms with Gasteiger partial charge in [0.25, 0.3) is 0 Å². The summed E-state index contributed by atoms with van der Waals surface area (Å²) >= 11 is 5.10. The highest BCUT2D eigenvalue weighted by atomic mass is 79.9. The number of hydrogen-bond donors (Lipinski definition) is 0. The molecule has 0 unspecified atom stereocenters. The lowest BCUT2D eigenvalue weighted by Crippen LogP contribution is -2.09. The van der Waals surface area contributed by atoms with Crippen LogP contribution in [0.1, 0.15) is 34.5 Å². The van der Waals surface area contributed by atoms with Gasteiger partial charge in [0.1, 0.15) is 11.1 Å². The van der Waals surface area contributed by atoms with Gasteiger partial charge >= 0.3 is 0 Å². The fraction of sp³-hybridized carbons (Fsp3) is 0.294. The molecule has 0 aliphatic heterocycles. The number of fused-ring (bicyclic) bond motifs is 1. The van der Waals surface area contributed by atoms with Crippen molar-refractivity contribution in [2.45, 2.75) is 26.2 Å². The number of hydrogen-bond acceptors (Lipinski definition) is 3. The summed E-state index contributed by atoms with van der Waals surface area (Å²) in [4.78, 5) is 6.05. The lowest BCUT2D eigenvalue weighted by atomic mass is 9.93. The van der Waals surface area contributed by atoms with Crippen molar-refractivity contribution in [3.8, 4) is 6.07 Å². The average molecular weight is 359 g/mol. The van der Waals surface area contributed by atoms with Crippen LogP contribution in [0.4, 0.5) is 0 Å². The number of aromatic nitrogens is 1. The molecule has 1 atom stereocenters. The van der Waals surface area contributed by atoms with Gasteiger partial charge in [-0.1, -0.05) is 35.0 Å². The Kier molecular flexibility index (Phi) is 4.23. The second kappa shape index (κ2) is 6.13. The maximum absolute atomic E-state index is 9.45. The number of nitriles is 1. The molecule has 3 rings (SSSR count). The summed E-state index contributed by atoms with van der Waals surface area (Å²) in [5.41, 5.74) is 2.88. The van der Waals surface area contributed by atoms with Gasteiger partial charge in [-0.3, -0.25) is 0 Å². The zero-order chi connectivity index (χ0) is 14.8. The zero-order valence-electron chi connectivity index (χ0n) is 11.8. The number of benzene rings is 1. The van der Waals surface area contributed by atoms with Crippen LogP contribution in [0.2, 0.25) is 0 Å². The van der Waals surface area contributed by atoms with Crippen molar-refractivity contribution in [1.29, 1.82) is 5.26 Å². The molecule has 1 heterocycles. The summed E-state index contributed by atoms with van der Waals surface area (Å²) in [5, 5.41) is 10.3. The molecular formula is C17H15BrN2S. The standard InChI is InChI=1S/C17H15BrN2S/c1-11-2-7-15-16(8-11)21-17(20-15)13(10-19)9-12-3-5-14(18)6-4-12/h3-6,9,11H,2,7-8H2,1H3/b13-9+/t11-/m0/s1. The van der Waals surface area contributed by atoms with Crippen LogP contribution in [0.15, 0.2) is 28.7 Å². The van der Waals surface area contributed by atoms with E-state index in [2.05, 4.69) is 33.9 Å². The van der Waals surface area contributed by atoms with Crippen LogP contribution in [-0.2, 0) is 12.8 Å². The van der Waals surface area contributed by atoms with Crippen molar-refractivity contribution >= 4 is 38.9 Å². The van der Waals surface area contributed by atoms with Crippen LogP contribution >= 0.6 is 27.3 Å². The molecule has 2 nitrogen and oxygen atoms in total. The third-order valence-electron chi connectivity index (χ3n) is 3.72. The predicted octanol–water partition coefficient (Wildman–Crippen LogP) is 5.09. The molecule has 21 heavy (non-hydrogen) atoms. The van der Waals surface area contributed by atoms with E-state index in [0.29, 0.717) is 5.57 Å². The third kappa shape index (κ3) is 3.25. The van der Waals surface area contributed by atoms with E-state index in [9.17, 15) is 5.26 Å². The Hall–Kier alpha value is -1.44. The summed E-state index contributed by atoms with van der Waals surface area (Å²) in [6, 6.07) is 10.3. The molecule has 2 aromatic rings. The van der Waals surface area contributed by atoms with E-state index in [4.69, 9.17) is 0 Å². The van der Waals surface area contributed by atoms with Crippen molar-refractivity contribution in [2.24, 2.45) is 5.92 Å². The van der Waals surface area contributed by atoms with E-state index < -0.39 is 0 Å². The summed E-state index contributed by atoms with van der Waals surface area (Å²) in [6.07, 6.45) is 5.27.